The van der Waals surface area contributed by atoms with Crippen LogP contribution in [-0.2, 0) is 10.4 Å². The minimum Gasteiger partial charge on any atom is -0.372 e. The Bertz CT molecular complexity index is 648. The Kier molecular flexibility index (Phi) is 5.51. The molecule has 0 aromatic heterocycles. The van der Waals surface area contributed by atoms with E-state index in [4.69, 9.17) is 0 Å². The van der Waals surface area contributed by atoms with Gasteiger partial charge in [0, 0.05) is 13.1 Å². The summed E-state index contributed by atoms with van der Waals surface area (Å²) in [6, 6.07) is 18.3. The third kappa shape index (κ3) is 3.91. The molecule has 0 spiro atoms. The number of carbonyl (C=O) groups excluding carboxylic acids is 1. The van der Waals surface area contributed by atoms with Crippen LogP contribution in [0, 0.1) is 5.92 Å². The molecule has 4 nitrogen and oxygen atoms in total. The van der Waals surface area contributed by atoms with Crippen molar-refractivity contribution in [3.63, 3.8) is 0 Å². The number of hydrogen-bond acceptors (Lipinski definition) is 3. The lowest BCUT2D eigenvalue weighted by Gasteiger charge is -2.32. The number of hydrogen-bond donors (Lipinski definition) is 2. The summed E-state index contributed by atoms with van der Waals surface area (Å²) < 4.78 is 0. The van der Waals surface area contributed by atoms with Crippen molar-refractivity contribution in [2.24, 2.45) is 5.92 Å². The van der Waals surface area contributed by atoms with E-state index in [1.165, 1.54) is 0 Å². The summed E-state index contributed by atoms with van der Waals surface area (Å²) in [6.07, 6.45) is 2.26. The fourth-order valence-corrected chi connectivity index (χ4v) is 3.59. The zero-order valence-electron chi connectivity index (χ0n) is 14.7. The number of likely N-dealkylation sites (tertiary alicyclic amines) is 1. The van der Waals surface area contributed by atoms with E-state index in [9.17, 15) is 9.90 Å². The maximum atomic E-state index is 13.0. The van der Waals surface area contributed by atoms with E-state index in [1.807, 2.05) is 36.4 Å². The van der Waals surface area contributed by atoms with Gasteiger partial charge in [0.2, 0.25) is 0 Å². The van der Waals surface area contributed by atoms with Crippen LogP contribution in [0.1, 0.15) is 24.0 Å². The highest BCUT2D eigenvalue weighted by molar-refractivity contribution is 5.90. The van der Waals surface area contributed by atoms with Gasteiger partial charge in [-0.1, -0.05) is 60.7 Å². The lowest BCUT2D eigenvalue weighted by molar-refractivity contribution is -0.137. The van der Waals surface area contributed by atoms with Gasteiger partial charge in [0.05, 0.1) is 0 Å². The van der Waals surface area contributed by atoms with Crippen molar-refractivity contribution in [1.82, 2.24) is 10.2 Å². The standard InChI is InChI=1S/C21H26N2O2/c1-23-14-8-9-17(16-23)15-22-20(24)21(25,18-10-4-2-5-11-18)19-12-6-3-7-13-19/h2-7,10-13,17,25H,8-9,14-16H2,1H3,(H,22,24). The lowest BCUT2D eigenvalue weighted by Crippen LogP contribution is -2.48. The van der Waals surface area contributed by atoms with Gasteiger partial charge in [-0.2, -0.15) is 0 Å². The van der Waals surface area contributed by atoms with Gasteiger partial charge in [0.15, 0.2) is 5.60 Å². The van der Waals surface area contributed by atoms with Crippen molar-refractivity contribution in [2.45, 2.75) is 18.4 Å². The molecule has 1 saturated heterocycles. The molecule has 0 aliphatic carbocycles. The van der Waals surface area contributed by atoms with Gasteiger partial charge in [-0.3, -0.25) is 4.79 Å². The van der Waals surface area contributed by atoms with Crippen molar-refractivity contribution >= 4 is 5.91 Å². The van der Waals surface area contributed by atoms with Crippen LogP contribution in [0.3, 0.4) is 0 Å². The molecule has 1 aliphatic heterocycles. The normalized spacial score (nSPS) is 18.7. The molecular formula is C21H26N2O2. The molecular weight excluding hydrogens is 312 g/mol. The highest BCUT2D eigenvalue weighted by Crippen LogP contribution is 2.30. The summed E-state index contributed by atoms with van der Waals surface area (Å²) in [6.45, 7) is 2.68. The van der Waals surface area contributed by atoms with E-state index >= 15 is 0 Å². The highest BCUT2D eigenvalue weighted by atomic mass is 16.3. The van der Waals surface area contributed by atoms with Crippen LogP contribution in [-0.4, -0.2) is 42.6 Å². The van der Waals surface area contributed by atoms with Gasteiger partial charge in [0.1, 0.15) is 0 Å². The molecule has 1 heterocycles. The Balaban J connectivity index is 1.81. The number of rotatable bonds is 5. The number of aliphatic hydroxyl groups is 1. The molecule has 0 bridgehead atoms. The second-order valence-electron chi connectivity index (χ2n) is 6.92. The van der Waals surface area contributed by atoms with Crippen LogP contribution in [0.25, 0.3) is 0 Å². The molecule has 0 radical (unpaired) electrons. The first-order valence-electron chi connectivity index (χ1n) is 8.91. The Morgan fingerprint density at radius 1 is 1.12 bits per heavy atom. The first kappa shape index (κ1) is 17.6. The fraction of sp³-hybridized carbons (Fsp3) is 0.381. The molecule has 2 aromatic rings. The third-order valence-corrected chi connectivity index (χ3v) is 4.99. The predicted octanol–water partition coefficient (Wildman–Crippen LogP) is 2.38. The number of amides is 1. The van der Waals surface area contributed by atoms with Gasteiger partial charge in [-0.15, -0.1) is 0 Å². The average molecular weight is 338 g/mol. The van der Waals surface area contributed by atoms with Gasteiger partial charge in [0.25, 0.3) is 5.91 Å². The summed E-state index contributed by atoms with van der Waals surface area (Å²) in [5.74, 6) is 0.0663. The summed E-state index contributed by atoms with van der Waals surface area (Å²) in [5, 5.41) is 14.4. The van der Waals surface area contributed by atoms with E-state index in [0.29, 0.717) is 23.6 Å². The molecule has 2 N–H and O–H groups in total. The molecule has 1 fully saturated rings. The molecule has 2 aromatic carbocycles. The second-order valence-corrected chi connectivity index (χ2v) is 6.92. The molecule has 1 aliphatic rings. The van der Waals surface area contributed by atoms with Crippen molar-refractivity contribution in [2.75, 3.05) is 26.7 Å². The Morgan fingerprint density at radius 2 is 1.68 bits per heavy atom. The predicted molar refractivity (Wildman–Crippen MR) is 99.1 cm³/mol. The van der Waals surface area contributed by atoms with E-state index in [0.717, 1.165) is 25.9 Å². The molecule has 132 valence electrons. The van der Waals surface area contributed by atoms with Gasteiger partial charge >= 0.3 is 0 Å². The van der Waals surface area contributed by atoms with E-state index in [1.54, 1.807) is 24.3 Å². The summed E-state index contributed by atoms with van der Waals surface area (Å²) in [5.41, 5.74) is -0.512. The lowest BCUT2D eigenvalue weighted by atomic mass is 9.85. The van der Waals surface area contributed by atoms with E-state index < -0.39 is 5.60 Å². The minimum absolute atomic E-state index is 0.363. The quantitative estimate of drug-likeness (QED) is 0.880. The summed E-state index contributed by atoms with van der Waals surface area (Å²) in [7, 11) is 2.11. The van der Waals surface area contributed by atoms with Crippen LogP contribution in [0.5, 0.6) is 0 Å². The zero-order valence-corrected chi connectivity index (χ0v) is 14.7. The third-order valence-electron chi connectivity index (χ3n) is 4.99. The first-order chi connectivity index (χ1) is 12.1. The van der Waals surface area contributed by atoms with Gasteiger partial charge in [-0.05, 0) is 43.5 Å². The molecule has 25 heavy (non-hydrogen) atoms. The summed E-state index contributed by atoms with van der Waals surface area (Å²) in [4.78, 5) is 15.3. The highest BCUT2D eigenvalue weighted by Gasteiger charge is 2.39. The van der Waals surface area contributed by atoms with Gasteiger partial charge < -0.3 is 15.3 Å². The Morgan fingerprint density at radius 3 is 2.20 bits per heavy atom. The van der Waals surface area contributed by atoms with Crippen molar-refractivity contribution in [3.8, 4) is 0 Å². The largest absolute Gasteiger partial charge is 0.372 e. The summed E-state index contributed by atoms with van der Waals surface area (Å²) >= 11 is 0. The number of piperidine rings is 1. The van der Waals surface area contributed by atoms with Crippen LogP contribution in [0.4, 0.5) is 0 Å². The first-order valence-corrected chi connectivity index (χ1v) is 8.91. The van der Waals surface area contributed by atoms with Gasteiger partial charge in [-0.25, -0.2) is 0 Å². The monoisotopic (exact) mass is 338 g/mol. The second kappa shape index (κ2) is 7.81. The molecule has 1 unspecified atom stereocenters. The number of carbonyl (C=O) groups is 1. The smallest absolute Gasteiger partial charge is 0.261 e. The molecule has 0 saturated carbocycles. The number of benzene rings is 2. The van der Waals surface area contributed by atoms with Crippen molar-refractivity contribution in [1.29, 1.82) is 0 Å². The van der Waals surface area contributed by atoms with Crippen molar-refractivity contribution < 1.29 is 9.90 Å². The topological polar surface area (TPSA) is 52.6 Å². The van der Waals surface area contributed by atoms with Crippen LogP contribution in [0.2, 0.25) is 0 Å². The SMILES string of the molecule is CN1CCCC(CNC(=O)C(O)(c2ccccc2)c2ccccc2)C1. The molecule has 1 amide bonds. The fourth-order valence-electron chi connectivity index (χ4n) is 3.59. The molecule has 4 heteroatoms. The van der Waals surface area contributed by atoms with E-state index in [2.05, 4.69) is 17.3 Å². The molecule has 1 atom stereocenters. The minimum atomic E-state index is -1.68. The Labute approximate surface area is 149 Å². The van der Waals surface area contributed by atoms with E-state index in [-0.39, 0.29) is 5.91 Å². The van der Waals surface area contributed by atoms with Crippen LogP contribution < -0.4 is 5.32 Å². The maximum Gasteiger partial charge on any atom is 0.261 e. The maximum absolute atomic E-state index is 13.0. The van der Waals surface area contributed by atoms with Crippen LogP contribution in [0.15, 0.2) is 60.7 Å². The zero-order chi connectivity index (χ0) is 17.7. The Hall–Kier alpha value is -2.17. The van der Waals surface area contributed by atoms with Crippen molar-refractivity contribution in [3.05, 3.63) is 71.8 Å². The number of nitrogens with one attached hydrogen (secondary N) is 1. The number of nitrogens with zero attached hydrogens (tertiary/aromatic N) is 1. The average Bonchev–Trinajstić information content (AvgIpc) is 2.67. The molecule has 3 rings (SSSR count). The van der Waals surface area contributed by atoms with Crippen LogP contribution >= 0.6 is 0 Å².